The molecule has 3 atom stereocenters. The van der Waals surface area contributed by atoms with Gasteiger partial charge in [-0.05, 0) is 37.9 Å². The molecule has 7 nitrogen and oxygen atoms in total. The number of hydrogen-bond donors (Lipinski definition) is 1. The predicted molar refractivity (Wildman–Crippen MR) is 104 cm³/mol. The lowest BCUT2D eigenvalue weighted by Crippen LogP contribution is -2.58. The topological polar surface area (TPSA) is 64.6 Å². The number of aromatic nitrogens is 2. The van der Waals surface area contributed by atoms with Gasteiger partial charge in [0.15, 0.2) is 0 Å². The predicted octanol–water partition coefficient (Wildman–Crippen LogP) is 0.883. The zero-order valence-electron chi connectivity index (χ0n) is 15.6. The van der Waals surface area contributed by atoms with Crippen molar-refractivity contribution in [1.29, 1.82) is 0 Å². The number of nitrogens with one attached hydrogen (secondary N) is 1. The lowest BCUT2D eigenvalue weighted by Gasteiger charge is -2.41. The molecule has 0 saturated carbocycles. The van der Waals surface area contributed by atoms with E-state index in [2.05, 4.69) is 14.8 Å². The van der Waals surface area contributed by atoms with E-state index in [-0.39, 0.29) is 23.7 Å². The summed E-state index contributed by atoms with van der Waals surface area (Å²) < 4.78 is 1.89. The number of hydrogen-bond acceptors (Lipinski definition) is 4. The van der Waals surface area contributed by atoms with Crippen LogP contribution in [0, 0.1) is 0 Å². The number of para-hydroxylation sites is 2. The standard InChI is InChI=1S/C20H27N5O2/c26-19(18-14-22-8-3-9-23(18)13-12-22)24-10-6-15(7-11-24)25-17-5-2-1-4-16(17)21-20(25)27/h1-2,4-5,15,18H,3,6-14H2,(H,21,27). The first-order valence-corrected chi connectivity index (χ1v) is 10.1. The number of imidazole rings is 1. The van der Waals surface area contributed by atoms with Crippen molar-refractivity contribution in [3.05, 3.63) is 34.7 Å². The summed E-state index contributed by atoms with van der Waals surface area (Å²) in [6.45, 7) is 6.60. The van der Waals surface area contributed by atoms with Gasteiger partial charge in [0.1, 0.15) is 6.04 Å². The molecule has 6 rings (SSSR count). The van der Waals surface area contributed by atoms with E-state index < -0.39 is 0 Å². The maximum Gasteiger partial charge on any atom is 0.326 e. The summed E-state index contributed by atoms with van der Waals surface area (Å²) in [7, 11) is 0. The summed E-state index contributed by atoms with van der Waals surface area (Å²) in [5.41, 5.74) is 1.81. The van der Waals surface area contributed by atoms with Crippen molar-refractivity contribution in [3.63, 3.8) is 0 Å². The highest BCUT2D eigenvalue weighted by molar-refractivity contribution is 5.82. The zero-order chi connectivity index (χ0) is 18.4. The Kier molecular flexibility index (Phi) is 4.28. The Morgan fingerprint density at radius 2 is 1.81 bits per heavy atom. The number of piperidine rings is 1. The summed E-state index contributed by atoms with van der Waals surface area (Å²) >= 11 is 0. The number of H-pyrrole nitrogens is 1. The summed E-state index contributed by atoms with van der Waals surface area (Å²) in [4.78, 5) is 35.4. The third-order valence-corrected chi connectivity index (χ3v) is 6.55. The van der Waals surface area contributed by atoms with Crippen LogP contribution in [0.1, 0.15) is 25.3 Å². The first kappa shape index (κ1) is 17.0. The first-order chi connectivity index (χ1) is 13.2. The van der Waals surface area contributed by atoms with E-state index in [4.69, 9.17) is 0 Å². The van der Waals surface area contributed by atoms with Crippen LogP contribution in [0.2, 0.25) is 0 Å². The van der Waals surface area contributed by atoms with Crippen molar-refractivity contribution in [2.45, 2.75) is 31.3 Å². The molecule has 4 aliphatic heterocycles. The molecular formula is C20H27N5O2. The molecule has 2 bridgehead atoms. The fourth-order valence-corrected chi connectivity index (χ4v) is 5.07. The van der Waals surface area contributed by atoms with Crippen molar-refractivity contribution < 1.29 is 4.79 Å². The molecule has 4 fully saturated rings. The number of piperazine rings is 1. The number of carbonyl (C=O) groups is 1. The molecule has 144 valence electrons. The van der Waals surface area contributed by atoms with Crippen molar-refractivity contribution in [3.8, 4) is 0 Å². The third kappa shape index (κ3) is 2.99. The van der Waals surface area contributed by atoms with Gasteiger partial charge in [-0.1, -0.05) is 12.1 Å². The number of likely N-dealkylation sites (tertiary alicyclic amines) is 1. The molecule has 2 aromatic rings. The lowest BCUT2D eigenvalue weighted by atomic mass is 10.0. The van der Waals surface area contributed by atoms with E-state index in [1.165, 1.54) is 0 Å². The Bertz CT molecular complexity index is 891. The average molecular weight is 369 g/mol. The molecule has 1 amide bonds. The molecule has 3 unspecified atom stereocenters. The Morgan fingerprint density at radius 3 is 2.67 bits per heavy atom. The van der Waals surface area contributed by atoms with Gasteiger partial charge in [0.05, 0.1) is 11.0 Å². The summed E-state index contributed by atoms with van der Waals surface area (Å²) in [5, 5.41) is 0. The molecular weight excluding hydrogens is 342 g/mol. The van der Waals surface area contributed by atoms with E-state index >= 15 is 0 Å². The zero-order valence-corrected chi connectivity index (χ0v) is 15.6. The Balaban J connectivity index is 1.29. The van der Waals surface area contributed by atoms with Gasteiger partial charge in [0, 0.05) is 45.3 Å². The molecule has 0 aliphatic carbocycles. The number of benzene rings is 1. The molecule has 0 radical (unpaired) electrons. The number of fused-ring (bicyclic) bond motifs is 5. The van der Waals surface area contributed by atoms with Crippen molar-refractivity contribution in [2.75, 3.05) is 45.8 Å². The van der Waals surface area contributed by atoms with Crippen molar-refractivity contribution in [1.82, 2.24) is 24.3 Å². The van der Waals surface area contributed by atoms with E-state index in [1.54, 1.807) is 0 Å². The second-order valence-electron chi connectivity index (χ2n) is 8.08. The van der Waals surface area contributed by atoms with E-state index in [0.717, 1.165) is 76.1 Å². The van der Waals surface area contributed by atoms with Gasteiger partial charge in [-0.15, -0.1) is 0 Å². The van der Waals surface area contributed by atoms with Crippen LogP contribution in [-0.2, 0) is 4.79 Å². The van der Waals surface area contributed by atoms with Crippen LogP contribution in [0.3, 0.4) is 0 Å². The molecule has 1 N–H and O–H groups in total. The van der Waals surface area contributed by atoms with Crippen LogP contribution in [0.4, 0.5) is 0 Å². The number of carbonyl (C=O) groups excluding carboxylic acids is 1. The van der Waals surface area contributed by atoms with Gasteiger partial charge in [-0.25, -0.2) is 4.79 Å². The first-order valence-electron chi connectivity index (χ1n) is 10.1. The van der Waals surface area contributed by atoms with Gasteiger partial charge < -0.3 is 9.88 Å². The quantitative estimate of drug-likeness (QED) is 0.854. The molecule has 1 aromatic carbocycles. The highest BCUT2D eigenvalue weighted by Gasteiger charge is 2.37. The van der Waals surface area contributed by atoms with Gasteiger partial charge in [-0.3, -0.25) is 19.2 Å². The molecule has 1 aromatic heterocycles. The minimum Gasteiger partial charge on any atom is -0.341 e. The number of rotatable bonds is 2. The van der Waals surface area contributed by atoms with Crippen LogP contribution in [0.15, 0.2) is 29.1 Å². The lowest BCUT2D eigenvalue weighted by molar-refractivity contribution is -0.140. The molecule has 7 heteroatoms. The van der Waals surface area contributed by atoms with Crippen molar-refractivity contribution >= 4 is 16.9 Å². The van der Waals surface area contributed by atoms with E-state index in [0.29, 0.717) is 0 Å². The second-order valence-corrected chi connectivity index (χ2v) is 8.08. The van der Waals surface area contributed by atoms with Gasteiger partial charge in [0.2, 0.25) is 5.91 Å². The molecule has 0 spiro atoms. The van der Waals surface area contributed by atoms with Gasteiger partial charge >= 0.3 is 5.69 Å². The maximum absolute atomic E-state index is 13.2. The SMILES string of the molecule is O=C(C1CN2CCCN1CC2)N1CCC(n2c(=O)[nH]c3ccccc32)CC1. The van der Waals surface area contributed by atoms with E-state index in [1.807, 2.05) is 33.7 Å². The fourth-order valence-electron chi connectivity index (χ4n) is 5.07. The van der Waals surface area contributed by atoms with Crippen LogP contribution in [0.5, 0.6) is 0 Å². The summed E-state index contributed by atoms with van der Waals surface area (Å²) in [5.74, 6) is 0.284. The summed E-state index contributed by atoms with van der Waals surface area (Å²) in [6, 6.07) is 8.03. The molecule has 4 saturated heterocycles. The Hall–Kier alpha value is -2.12. The van der Waals surface area contributed by atoms with Crippen LogP contribution < -0.4 is 5.69 Å². The van der Waals surface area contributed by atoms with Gasteiger partial charge in [-0.2, -0.15) is 0 Å². The highest BCUT2D eigenvalue weighted by Crippen LogP contribution is 2.26. The minimum absolute atomic E-state index is 0.0219. The Labute approximate surface area is 158 Å². The number of amides is 1. The molecule has 4 aliphatic rings. The maximum atomic E-state index is 13.2. The van der Waals surface area contributed by atoms with Gasteiger partial charge in [0.25, 0.3) is 0 Å². The monoisotopic (exact) mass is 369 g/mol. The smallest absolute Gasteiger partial charge is 0.326 e. The van der Waals surface area contributed by atoms with Crippen LogP contribution in [-0.4, -0.2) is 82.0 Å². The summed E-state index contributed by atoms with van der Waals surface area (Å²) in [6.07, 6.45) is 2.84. The van der Waals surface area contributed by atoms with Crippen molar-refractivity contribution in [2.24, 2.45) is 0 Å². The largest absolute Gasteiger partial charge is 0.341 e. The third-order valence-electron chi connectivity index (χ3n) is 6.55. The average Bonchev–Trinajstić information content (AvgIpc) is 2.85. The van der Waals surface area contributed by atoms with Crippen LogP contribution >= 0.6 is 0 Å². The highest BCUT2D eigenvalue weighted by atomic mass is 16.2. The molecule has 27 heavy (non-hydrogen) atoms. The fraction of sp³-hybridized carbons (Fsp3) is 0.600. The normalized spacial score (nSPS) is 29.2. The molecule has 5 heterocycles. The van der Waals surface area contributed by atoms with Crippen LogP contribution in [0.25, 0.3) is 11.0 Å². The minimum atomic E-state index is -0.0408. The number of nitrogens with zero attached hydrogens (tertiary/aromatic N) is 4. The Morgan fingerprint density at radius 1 is 1.00 bits per heavy atom. The number of aromatic amines is 1. The van der Waals surface area contributed by atoms with E-state index in [9.17, 15) is 9.59 Å². The second kappa shape index (κ2) is 6.80.